The van der Waals surface area contributed by atoms with Crippen LogP contribution in [0, 0.1) is 29.4 Å². The van der Waals surface area contributed by atoms with Crippen LogP contribution >= 0.6 is 0 Å². The van der Waals surface area contributed by atoms with Crippen LogP contribution in [0.25, 0.3) is 0 Å². The van der Waals surface area contributed by atoms with Crippen molar-refractivity contribution < 1.29 is 27.8 Å². The molecule has 1 saturated heterocycles. The second-order valence-electron chi connectivity index (χ2n) is 7.57. The Bertz CT molecular complexity index is 1020. The highest BCUT2D eigenvalue weighted by atomic mass is 19.1. The van der Waals surface area contributed by atoms with Crippen LogP contribution in [0.2, 0.25) is 0 Å². The summed E-state index contributed by atoms with van der Waals surface area (Å²) in [5, 5.41) is 4.88. The van der Waals surface area contributed by atoms with Gasteiger partial charge in [0.25, 0.3) is 0 Å². The summed E-state index contributed by atoms with van der Waals surface area (Å²) in [7, 11) is 1.25. The van der Waals surface area contributed by atoms with Crippen molar-refractivity contribution in [3.63, 3.8) is 0 Å². The topological polar surface area (TPSA) is 76.7 Å². The van der Waals surface area contributed by atoms with Crippen LogP contribution in [0.15, 0.2) is 42.5 Å². The van der Waals surface area contributed by atoms with Crippen molar-refractivity contribution in [2.45, 2.75) is 25.3 Å². The molecule has 0 aliphatic carbocycles. The van der Waals surface area contributed by atoms with Gasteiger partial charge in [0.15, 0.2) is 11.6 Å². The number of benzene rings is 2. The average molecular weight is 442 g/mol. The minimum atomic E-state index is -1.05. The van der Waals surface area contributed by atoms with Crippen molar-refractivity contribution >= 4 is 17.7 Å². The number of carbonyl (C=O) groups is 2. The van der Waals surface area contributed by atoms with E-state index in [2.05, 4.69) is 22.5 Å². The van der Waals surface area contributed by atoms with Crippen LogP contribution in [0.1, 0.15) is 30.9 Å². The first-order chi connectivity index (χ1) is 15.3. The molecule has 1 aliphatic rings. The molecule has 32 heavy (non-hydrogen) atoms. The van der Waals surface area contributed by atoms with Crippen LogP contribution in [0.5, 0.6) is 0 Å². The Balaban J connectivity index is 1.76. The zero-order valence-electron chi connectivity index (χ0n) is 17.8. The highest BCUT2D eigenvalue weighted by Gasteiger charge is 2.44. The second kappa shape index (κ2) is 10.2. The summed E-state index contributed by atoms with van der Waals surface area (Å²) in [6.45, 7) is 2.19. The maximum atomic E-state index is 14.6. The number of esters is 1. The third kappa shape index (κ3) is 5.42. The quantitative estimate of drug-likeness (QED) is 0.557. The van der Waals surface area contributed by atoms with E-state index in [-0.39, 0.29) is 12.2 Å². The van der Waals surface area contributed by atoms with Gasteiger partial charge in [-0.3, -0.25) is 4.79 Å². The average Bonchev–Trinajstić information content (AvgIpc) is 2.80. The maximum Gasteiger partial charge on any atom is 0.319 e. The first-order valence-corrected chi connectivity index (χ1v) is 10.2. The molecular weight excluding hydrogens is 418 g/mol. The van der Waals surface area contributed by atoms with Crippen molar-refractivity contribution in [1.29, 1.82) is 0 Å². The lowest BCUT2D eigenvalue weighted by molar-refractivity contribution is -0.150. The van der Waals surface area contributed by atoms with Gasteiger partial charge in [-0.05, 0) is 44.0 Å². The van der Waals surface area contributed by atoms with Crippen LogP contribution in [0.4, 0.5) is 19.3 Å². The Kier molecular flexibility index (Phi) is 7.44. The molecule has 1 fully saturated rings. The van der Waals surface area contributed by atoms with Crippen molar-refractivity contribution in [3.05, 3.63) is 65.2 Å². The van der Waals surface area contributed by atoms with Crippen LogP contribution in [-0.2, 0) is 14.3 Å². The molecule has 1 aliphatic heterocycles. The van der Waals surface area contributed by atoms with Gasteiger partial charge in [0.05, 0.1) is 25.2 Å². The van der Waals surface area contributed by atoms with Crippen molar-refractivity contribution in [2.24, 2.45) is 5.92 Å². The number of rotatable bonds is 4. The Morgan fingerprint density at radius 3 is 2.38 bits per heavy atom. The summed E-state index contributed by atoms with van der Waals surface area (Å²) in [6, 6.07) is 10.2. The fraction of sp³-hybridized carbons (Fsp3) is 0.333. The summed E-state index contributed by atoms with van der Waals surface area (Å²) in [5.41, 5.74) is -0.824. The number of urea groups is 1. The van der Waals surface area contributed by atoms with E-state index in [4.69, 9.17) is 9.47 Å². The molecule has 2 aromatic rings. The van der Waals surface area contributed by atoms with Crippen LogP contribution in [-0.4, -0.2) is 37.9 Å². The molecule has 1 heterocycles. The monoisotopic (exact) mass is 442 g/mol. The first-order valence-electron chi connectivity index (χ1n) is 10.2. The molecule has 2 atom stereocenters. The standard InChI is InChI=1S/C24H24F2N2O4/c1-16(22(29)31-2)24(11-6-12-32-15-24)28-23(30)27-21-19(25)13-18(14-20(21)26)10-9-17-7-4-3-5-8-17/h3-5,7-8,13-14,16H,6,11-12,15H2,1-2H3,(H2,27,28,30)/t16?,24-/m1/s1. The molecule has 2 amide bonds. The fourth-order valence-electron chi connectivity index (χ4n) is 3.57. The minimum Gasteiger partial charge on any atom is -0.469 e. The number of halogens is 2. The first kappa shape index (κ1) is 23.2. The normalized spacial score (nSPS) is 18.6. The lowest BCUT2D eigenvalue weighted by Crippen LogP contribution is -2.61. The smallest absolute Gasteiger partial charge is 0.319 e. The predicted octanol–water partition coefficient (Wildman–Crippen LogP) is 3.84. The van der Waals surface area contributed by atoms with E-state index in [9.17, 15) is 18.4 Å². The number of methoxy groups -OCH3 is 1. The van der Waals surface area contributed by atoms with E-state index in [1.165, 1.54) is 7.11 Å². The number of amides is 2. The predicted molar refractivity (Wildman–Crippen MR) is 115 cm³/mol. The van der Waals surface area contributed by atoms with Crippen molar-refractivity contribution in [1.82, 2.24) is 5.32 Å². The highest BCUT2D eigenvalue weighted by Crippen LogP contribution is 2.29. The van der Waals surface area contributed by atoms with Gasteiger partial charge in [-0.1, -0.05) is 30.0 Å². The van der Waals surface area contributed by atoms with Crippen LogP contribution in [0.3, 0.4) is 0 Å². The molecular formula is C24H24F2N2O4. The SMILES string of the molecule is COC(=O)C(C)[C@@]1(NC(=O)Nc2c(F)cc(C#Cc3ccccc3)cc2F)CCCOC1. The molecule has 1 unspecified atom stereocenters. The third-order valence-corrected chi connectivity index (χ3v) is 5.42. The largest absolute Gasteiger partial charge is 0.469 e. The van der Waals surface area contributed by atoms with Crippen LogP contribution < -0.4 is 10.6 Å². The van der Waals surface area contributed by atoms with Gasteiger partial charge >= 0.3 is 12.0 Å². The summed E-state index contributed by atoms with van der Waals surface area (Å²) in [4.78, 5) is 24.7. The van der Waals surface area contributed by atoms with Gasteiger partial charge in [-0.2, -0.15) is 0 Å². The molecule has 0 radical (unpaired) electrons. The summed E-state index contributed by atoms with van der Waals surface area (Å²) in [5.74, 6) is 2.36. The zero-order valence-corrected chi connectivity index (χ0v) is 17.8. The maximum absolute atomic E-state index is 14.6. The van der Waals surface area contributed by atoms with E-state index >= 15 is 0 Å². The van der Waals surface area contributed by atoms with Gasteiger partial charge in [0.1, 0.15) is 5.69 Å². The van der Waals surface area contributed by atoms with Gasteiger partial charge in [-0.25, -0.2) is 13.6 Å². The Morgan fingerprint density at radius 1 is 1.12 bits per heavy atom. The molecule has 168 valence electrons. The number of hydrogen-bond donors (Lipinski definition) is 2. The van der Waals surface area contributed by atoms with E-state index in [1.54, 1.807) is 19.1 Å². The highest BCUT2D eigenvalue weighted by molar-refractivity contribution is 5.91. The molecule has 2 aromatic carbocycles. The van der Waals surface area contributed by atoms with Gasteiger partial charge in [-0.15, -0.1) is 0 Å². The van der Waals surface area contributed by atoms with Gasteiger partial charge in [0.2, 0.25) is 0 Å². The molecule has 6 nitrogen and oxygen atoms in total. The van der Waals surface area contributed by atoms with Crippen molar-refractivity contribution in [3.8, 4) is 11.8 Å². The Hall–Kier alpha value is -3.44. The number of nitrogens with one attached hydrogen (secondary N) is 2. The molecule has 0 spiro atoms. The lowest BCUT2D eigenvalue weighted by Gasteiger charge is -2.41. The molecule has 0 saturated carbocycles. The lowest BCUT2D eigenvalue weighted by atomic mass is 9.80. The second-order valence-corrected chi connectivity index (χ2v) is 7.57. The van der Waals surface area contributed by atoms with E-state index in [0.717, 1.165) is 12.1 Å². The molecule has 2 N–H and O–H groups in total. The number of ether oxygens (including phenoxy) is 2. The Morgan fingerprint density at radius 2 is 1.78 bits per heavy atom. The molecule has 8 heteroatoms. The van der Waals surface area contributed by atoms with E-state index in [0.29, 0.717) is 25.0 Å². The summed E-state index contributed by atoms with van der Waals surface area (Å²) in [6.07, 6.45) is 1.06. The minimum absolute atomic E-state index is 0.0790. The van der Waals surface area contributed by atoms with Crippen molar-refractivity contribution in [2.75, 3.05) is 25.6 Å². The molecule has 0 bridgehead atoms. The Labute approximate surface area is 185 Å². The zero-order chi connectivity index (χ0) is 23.1. The van der Waals surface area contributed by atoms with Gasteiger partial charge in [0, 0.05) is 17.7 Å². The number of anilines is 1. The summed E-state index contributed by atoms with van der Waals surface area (Å²) >= 11 is 0. The summed E-state index contributed by atoms with van der Waals surface area (Å²) < 4.78 is 39.4. The number of carbonyl (C=O) groups excluding carboxylic acids is 2. The van der Waals surface area contributed by atoms with Gasteiger partial charge < -0.3 is 20.1 Å². The number of hydrogen-bond acceptors (Lipinski definition) is 4. The molecule has 3 rings (SSSR count). The fourth-order valence-corrected chi connectivity index (χ4v) is 3.57. The van der Waals surface area contributed by atoms with E-state index in [1.807, 2.05) is 18.2 Å². The molecule has 0 aromatic heterocycles. The third-order valence-electron chi connectivity index (χ3n) is 5.42. The van der Waals surface area contributed by atoms with E-state index < -0.39 is 40.8 Å².